The zero-order valence-electron chi connectivity index (χ0n) is 17.2. The Morgan fingerprint density at radius 3 is 2.41 bits per heavy atom. The quantitative estimate of drug-likeness (QED) is 0.358. The van der Waals surface area contributed by atoms with Crippen molar-refractivity contribution in [2.45, 2.75) is 0 Å². The minimum absolute atomic E-state index is 0.00130. The Balaban J connectivity index is 1.42. The van der Waals surface area contributed by atoms with E-state index in [0.717, 1.165) is 26.6 Å². The molecule has 5 nitrogen and oxygen atoms in total. The molecule has 5 rings (SSSR count). The number of fused-ring (bicyclic) bond motifs is 1. The summed E-state index contributed by atoms with van der Waals surface area (Å²) in [4.78, 5) is 26.6. The second-order valence-corrected chi connectivity index (χ2v) is 9.04. The molecule has 0 radical (unpaired) electrons. The van der Waals surface area contributed by atoms with Gasteiger partial charge in [0, 0.05) is 52.2 Å². The summed E-state index contributed by atoms with van der Waals surface area (Å²) in [7, 11) is 0. The third-order valence-electron chi connectivity index (χ3n) is 5.61. The normalized spacial score (nSPS) is 14.1. The molecule has 7 heteroatoms. The molecule has 160 valence electrons. The monoisotopic (exact) mass is 506 g/mol. The molecule has 4 aromatic rings. The van der Waals surface area contributed by atoms with Crippen molar-refractivity contribution in [1.29, 1.82) is 0 Å². The van der Waals surface area contributed by atoms with Crippen molar-refractivity contribution in [2.75, 3.05) is 31.1 Å². The molecule has 1 amide bonds. The largest absolute Gasteiger partial charge is 0.337 e. The van der Waals surface area contributed by atoms with Crippen molar-refractivity contribution < 1.29 is 4.79 Å². The van der Waals surface area contributed by atoms with Crippen molar-refractivity contribution in [3.8, 4) is 11.3 Å². The van der Waals surface area contributed by atoms with Crippen LogP contribution in [0.5, 0.6) is 0 Å². The van der Waals surface area contributed by atoms with Gasteiger partial charge in [-0.05, 0) is 36.4 Å². The number of rotatable bonds is 3. The highest BCUT2D eigenvalue weighted by Gasteiger charge is 2.24. The Morgan fingerprint density at radius 2 is 1.66 bits per heavy atom. The topological polar surface area (TPSA) is 49.3 Å². The molecular weight excluding hydrogens is 488 g/mol. The smallest absolute Gasteiger partial charge is 0.254 e. The summed E-state index contributed by atoms with van der Waals surface area (Å²) in [6, 6.07) is 23.3. The van der Waals surface area contributed by atoms with Crippen molar-refractivity contribution in [3.63, 3.8) is 0 Å². The first-order valence-electron chi connectivity index (χ1n) is 10.4. The first-order valence-corrected chi connectivity index (χ1v) is 11.6. The number of carbonyl (C=O) groups excluding carboxylic acids is 1. The van der Waals surface area contributed by atoms with Gasteiger partial charge in [0.2, 0.25) is 5.95 Å². The summed E-state index contributed by atoms with van der Waals surface area (Å²) in [5, 5.41) is 1.57. The van der Waals surface area contributed by atoms with Gasteiger partial charge in [-0.15, -0.1) is 0 Å². The zero-order chi connectivity index (χ0) is 22.1. The van der Waals surface area contributed by atoms with E-state index >= 15 is 0 Å². The first kappa shape index (κ1) is 20.9. The van der Waals surface area contributed by atoms with Crippen molar-refractivity contribution in [2.24, 2.45) is 0 Å². The summed E-state index contributed by atoms with van der Waals surface area (Å²) < 4.78 is 0.992. The minimum atomic E-state index is 0.00130. The van der Waals surface area contributed by atoms with Gasteiger partial charge in [-0.3, -0.25) is 4.79 Å². The minimum Gasteiger partial charge on any atom is -0.337 e. The van der Waals surface area contributed by atoms with Gasteiger partial charge in [-0.1, -0.05) is 63.9 Å². The highest BCUT2D eigenvalue weighted by Crippen LogP contribution is 2.30. The molecule has 1 aromatic heterocycles. The number of hydrogen-bond donors (Lipinski definition) is 0. The predicted molar refractivity (Wildman–Crippen MR) is 132 cm³/mol. The molecule has 0 saturated carbocycles. The summed E-state index contributed by atoms with van der Waals surface area (Å²) in [5.74, 6) is 0.690. The first-order chi connectivity index (χ1) is 15.6. The van der Waals surface area contributed by atoms with E-state index in [0.29, 0.717) is 42.7 Å². The fourth-order valence-corrected chi connectivity index (χ4v) is 4.51. The number of carbonyl (C=O) groups is 1. The van der Waals surface area contributed by atoms with Gasteiger partial charge >= 0.3 is 0 Å². The van der Waals surface area contributed by atoms with Gasteiger partial charge in [0.25, 0.3) is 5.91 Å². The van der Waals surface area contributed by atoms with Crippen LogP contribution in [0.15, 0.2) is 77.3 Å². The zero-order valence-corrected chi connectivity index (χ0v) is 19.6. The van der Waals surface area contributed by atoms with Gasteiger partial charge < -0.3 is 9.80 Å². The van der Waals surface area contributed by atoms with Crippen LogP contribution in [-0.4, -0.2) is 47.0 Å². The van der Waals surface area contributed by atoms with Crippen LogP contribution in [0.2, 0.25) is 5.02 Å². The van der Waals surface area contributed by atoms with E-state index in [4.69, 9.17) is 21.6 Å². The van der Waals surface area contributed by atoms with E-state index in [2.05, 4.69) is 39.0 Å². The lowest BCUT2D eigenvalue weighted by Crippen LogP contribution is -2.49. The Hall–Kier alpha value is -2.96. The van der Waals surface area contributed by atoms with Crippen LogP contribution in [0, 0.1) is 0 Å². The number of piperazine rings is 1. The van der Waals surface area contributed by atoms with Crippen molar-refractivity contribution in [1.82, 2.24) is 14.9 Å². The maximum atomic E-state index is 12.9. The fraction of sp³-hybridized carbons (Fsp3) is 0.160. The number of benzene rings is 3. The predicted octanol–water partition coefficient (Wildman–Crippen LogP) is 5.68. The van der Waals surface area contributed by atoms with Crippen LogP contribution < -0.4 is 4.90 Å². The molecule has 1 fully saturated rings. The van der Waals surface area contributed by atoms with Crippen LogP contribution in [-0.2, 0) is 0 Å². The number of anilines is 1. The molecule has 0 N–H and O–H groups in total. The average Bonchev–Trinajstić information content (AvgIpc) is 2.83. The molecule has 2 heterocycles. The van der Waals surface area contributed by atoms with Crippen molar-refractivity contribution in [3.05, 3.63) is 87.9 Å². The van der Waals surface area contributed by atoms with Crippen LogP contribution in [0.25, 0.3) is 22.2 Å². The summed E-state index contributed by atoms with van der Waals surface area (Å²) >= 11 is 9.62. The molecule has 32 heavy (non-hydrogen) atoms. The summed E-state index contributed by atoms with van der Waals surface area (Å²) in [5.41, 5.74) is 3.47. The SMILES string of the molecule is O=C(c1cccc(Cl)c1)N1CCN(c2nc(-c3ccccc3)c3cc(Br)ccc3n2)CC1. The fourth-order valence-electron chi connectivity index (χ4n) is 3.96. The number of nitrogens with zero attached hydrogens (tertiary/aromatic N) is 4. The molecular formula is C25H20BrClN4O. The summed E-state index contributed by atoms with van der Waals surface area (Å²) in [6.07, 6.45) is 0. The molecule has 0 unspecified atom stereocenters. The van der Waals surface area contributed by atoms with Gasteiger partial charge in [-0.25, -0.2) is 9.97 Å². The summed E-state index contributed by atoms with van der Waals surface area (Å²) in [6.45, 7) is 2.55. The molecule has 0 aliphatic carbocycles. The van der Waals surface area contributed by atoms with E-state index < -0.39 is 0 Å². The molecule has 3 aromatic carbocycles. The molecule has 0 spiro atoms. The third kappa shape index (κ3) is 4.20. The Bertz CT molecular complexity index is 1290. The highest BCUT2D eigenvalue weighted by molar-refractivity contribution is 9.10. The standard InChI is InChI=1S/C25H20BrClN4O/c26-19-9-10-22-21(16-19)23(17-5-2-1-3-6-17)29-25(28-22)31-13-11-30(12-14-31)24(32)18-7-4-8-20(27)15-18/h1-10,15-16H,11-14H2. The second-order valence-electron chi connectivity index (χ2n) is 7.69. The lowest BCUT2D eigenvalue weighted by atomic mass is 10.1. The lowest BCUT2D eigenvalue weighted by molar-refractivity contribution is 0.0746. The van der Waals surface area contributed by atoms with E-state index in [1.165, 1.54) is 0 Å². The van der Waals surface area contributed by atoms with Crippen LogP contribution >= 0.6 is 27.5 Å². The molecule has 0 atom stereocenters. The van der Waals surface area contributed by atoms with E-state index in [1.807, 2.05) is 35.2 Å². The maximum Gasteiger partial charge on any atom is 0.254 e. The van der Waals surface area contributed by atoms with Gasteiger partial charge in [0.1, 0.15) is 0 Å². The number of hydrogen-bond acceptors (Lipinski definition) is 4. The second kappa shape index (κ2) is 8.88. The van der Waals surface area contributed by atoms with Crippen molar-refractivity contribution >= 4 is 50.3 Å². The Morgan fingerprint density at radius 1 is 0.875 bits per heavy atom. The van der Waals surface area contributed by atoms with E-state index in [-0.39, 0.29) is 5.91 Å². The highest BCUT2D eigenvalue weighted by atomic mass is 79.9. The molecule has 1 saturated heterocycles. The van der Waals surface area contributed by atoms with Gasteiger partial charge in [-0.2, -0.15) is 0 Å². The maximum absolute atomic E-state index is 12.9. The number of amides is 1. The number of halogens is 2. The average molecular weight is 508 g/mol. The number of aromatic nitrogens is 2. The molecule has 0 bridgehead atoms. The Labute approximate surface area is 199 Å². The van der Waals surface area contributed by atoms with E-state index in [9.17, 15) is 4.79 Å². The Kier molecular flexibility index (Phi) is 5.81. The lowest BCUT2D eigenvalue weighted by Gasteiger charge is -2.35. The van der Waals surface area contributed by atoms with E-state index in [1.54, 1.807) is 24.3 Å². The van der Waals surface area contributed by atoms with Crippen LogP contribution in [0.4, 0.5) is 5.95 Å². The van der Waals surface area contributed by atoms with Gasteiger partial charge in [0.15, 0.2) is 0 Å². The molecule has 1 aliphatic rings. The third-order valence-corrected chi connectivity index (χ3v) is 6.34. The molecule has 1 aliphatic heterocycles. The van der Waals surface area contributed by atoms with Crippen LogP contribution in [0.1, 0.15) is 10.4 Å². The van der Waals surface area contributed by atoms with Crippen LogP contribution in [0.3, 0.4) is 0 Å². The van der Waals surface area contributed by atoms with Gasteiger partial charge in [0.05, 0.1) is 11.2 Å².